The molecule has 0 fully saturated rings. The molecular weight excluding hydrogens is 452 g/mol. The van der Waals surface area contributed by atoms with Gasteiger partial charge in [0.2, 0.25) is 5.95 Å². The predicted octanol–water partition coefficient (Wildman–Crippen LogP) is 4.75. The van der Waals surface area contributed by atoms with E-state index in [9.17, 15) is 4.79 Å². The number of pyridine rings is 1. The molecule has 0 radical (unpaired) electrons. The Bertz CT molecular complexity index is 1060. The Morgan fingerprint density at radius 1 is 1.04 bits per heavy atom. The molecule has 8 nitrogen and oxygen atoms in total. The number of nitrogens with zero attached hydrogens (tertiary/aromatic N) is 3. The maximum absolute atomic E-state index is 12.4. The lowest BCUT2D eigenvalue weighted by molar-refractivity contribution is 0.102. The van der Waals surface area contributed by atoms with Crippen molar-refractivity contribution in [3.8, 4) is 22.9 Å². The second kappa shape index (κ2) is 8.40. The van der Waals surface area contributed by atoms with Gasteiger partial charge in [-0.15, -0.1) is 5.10 Å². The van der Waals surface area contributed by atoms with Gasteiger partial charge in [0.15, 0.2) is 11.5 Å². The Morgan fingerprint density at radius 3 is 2.46 bits per heavy atom. The number of amides is 1. The molecule has 2 N–H and O–H groups in total. The van der Waals surface area contributed by atoms with E-state index in [2.05, 4.69) is 25.5 Å². The van der Waals surface area contributed by atoms with Crippen molar-refractivity contribution < 1.29 is 14.3 Å². The molecular formula is C16H11Cl4N5O3. The van der Waals surface area contributed by atoms with Gasteiger partial charge >= 0.3 is 0 Å². The van der Waals surface area contributed by atoms with Crippen molar-refractivity contribution in [1.29, 1.82) is 0 Å². The van der Waals surface area contributed by atoms with Gasteiger partial charge in [-0.2, -0.15) is 4.98 Å². The summed E-state index contributed by atoms with van der Waals surface area (Å²) in [6.07, 6.45) is 0. The summed E-state index contributed by atoms with van der Waals surface area (Å²) in [5.41, 5.74) is 0.402. The Morgan fingerprint density at radius 2 is 1.79 bits per heavy atom. The fraction of sp³-hybridized carbons (Fsp3) is 0.125. The lowest BCUT2D eigenvalue weighted by atomic mass is 10.2. The summed E-state index contributed by atoms with van der Waals surface area (Å²) in [6.45, 7) is 0. The zero-order chi connectivity index (χ0) is 20.4. The van der Waals surface area contributed by atoms with E-state index >= 15 is 0 Å². The number of rotatable bonds is 5. The number of halogens is 4. The number of methoxy groups -OCH3 is 2. The SMILES string of the molecule is COc1ccc(-c2nc(NC(=O)c3nc(Cl)c(Cl)c(Cl)c3Cl)n[nH]2)c(OC)c1. The Hall–Kier alpha value is -2.26. The Balaban J connectivity index is 1.87. The first-order valence-corrected chi connectivity index (χ1v) is 9.03. The summed E-state index contributed by atoms with van der Waals surface area (Å²) in [6, 6.07) is 5.17. The highest BCUT2D eigenvalue weighted by atomic mass is 35.5. The average Bonchev–Trinajstić information content (AvgIpc) is 3.16. The summed E-state index contributed by atoms with van der Waals surface area (Å²) in [5.74, 6) is 0.761. The third kappa shape index (κ3) is 3.95. The zero-order valence-electron chi connectivity index (χ0n) is 14.3. The quantitative estimate of drug-likeness (QED) is 0.530. The minimum Gasteiger partial charge on any atom is -0.497 e. The van der Waals surface area contributed by atoms with E-state index in [-0.39, 0.29) is 31.9 Å². The van der Waals surface area contributed by atoms with Crippen molar-refractivity contribution in [1.82, 2.24) is 20.2 Å². The topological polar surface area (TPSA) is 102 Å². The van der Waals surface area contributed by atoms with Gasteiger partial charge in [0.25, 0.3) is 5.91 Å². The summed E-state index contributed by atoms with van der Waals surface area (Å²) in [7, 11) is 3.06. The van der Waals surface area contributed by atoms with Gasteiger partial charge in [-0.1, -0.05) is 46.4 Å². The molecule has 0 bridgehead atoms. The van der Waals surface area contributed by atoms with Gasteiger partial charge in [-0.05, 0) is 12.1 Å². The van der Waals surface area contributed by atoms with E-state index in [4.69, 9.17) is 55.9 Å². The highest BCUT2D eigenvalue weighted by Gasteiger charge is 2.22. The molecule has 28 heavy (non-hydrogen) atoms. The molecule has 0 atom stereocenters. The number of anilines is 1. The lowest BCUT2D eigenvalue weighted by Gasteiger charge is -2.08. The van der Waals surface area contributed by atoms with E-state index in [0.29, 0.717) is 22.9 Å². The van der Waals surface area contributed by atoms with Crippen molar-refractivity contribution in [3.05, 3.63) is 44.1 Å². The first-order chi connectivity index (χ1) is 13.3. The van der Waals surface area contributed by atoms with Gasteiger partial charge in [0.1, 0.15) is 16.7 Å². The zero-order valence-corrected chi connectivity index (χ0v) is 17.3. The number of nitrogens with one attached hydrogen (secondary N) is 2. The number of hydrogen-bond donors (Lipinski definition) is 2. The second-order valence-electron chi connectivity index (χ2n) is 5.22. The predicted molar refractivity (Wildman–Crippen MR) is 107 cm³/mol. The summed E-state index contributed by atoms with van der Waals surface area (Å²) in [5, 5.41) is 8.71. The van der Waals surface area contributed by atoms with E-state index in [1.807, 2.05) is 0 Å². The first-order valence-electron chi connectivity index (χ1n) is 7.51. The van der Waals surface area contributed by atoms with Crippen LogP contribution >= 0.6 is 46.4 Å². The van der Waals surface area contributed by atoms with Crippen molar-refractivity contribution in [2.24, 2.45) is 0 Å². The molecule has 0 aliphatic heterocycles. The van der Waals surface area contributed by atoms with Gasteiger partial charge in [-0.25, -0.2) is 4.98 Å². The highest BCUT2D eigenvalue weighted by molar-refractivity contribution is 6.52. The Labute approximate surface area is 179 Å². The monoisotopic (exact) mass is 461 g/mol. The minimum atomic E-state index is -0.710. The van der Waals surface area contributed by atoms with Crippen molar-refractivity contribution in [3.63, 3.8) is 0 Å². The maximum atomic E-state index is 12.4. The molecule has 12 heteroatoms. The molecule has 146 valence electrons. The smallest absolute Gasteiger partial charge is 0.278 e. The molecule has 2 aromatic heterocycles. The average molecular weight is 463 g/mol. The second-order valence-corrected chi connectivity index (χ2v) is 6.71. The van der Waals surface area contributed by atoms with Crippen molar-refractivity contribution in [2.75, 3.05) is 19.5 Å². The van der Waals surface area contributed by atoms with Crippen LogP contribution in [0.3, 0.4) is 0 Å². The molecule has 3 aromatic rings. The number of benzene rings is 1. The highest BCUT2D eigenvalue weighted by Crippen LogP contribution is 2.36. The number of carbonyl (C=O) groups excluding carboxylic acids is 1. The fourth-order valence-corrected chi connectivity index (χ4v) is 3.04. The van der Waals surface area contributed by atoms with Gasteiger partial charge in [-0.3, -0.25) is 15.2 Å². The van der Waals surface area contributed by atoms with Crippen molar-refractivity contribution in [2.45, 2.75) is 0 Å². The molecule has 1 aromatic carbocycles. The van der Waals surface area contributed by atoms with Gasteiger partial charge in [0, 0.05) is 6.07 Å². The van der Waals surface area contributed by atoms with Crippen LogP contribution in [-0.4, -0.2) is 40.3 Å². The maximum Gasteiger partial charge on any atom is 0.278 e. The van der Waals surface area contributed by atoms with Crippen LogP contribution in [0.15, 0.2) is 18.2 Å². The van der Waals surface area contributed by atoms with E-state index in [1.165, 1.54) is 7.11 Å². The third-order valence-electron chi connectivity index (χ3n) is 3.57. The molecule has 0 aliphatic carbocycles. The summed E-state index contributed by atoms with van der Waals surface area (Å²) >= 11 is 23.7. The number of ether oxygens (including phenoxy) is 2. The van der Waals surface area contributed by atoms with Crippen LogP contribution in [0.1, 0.15) is 10.5 Å². The molecule has 2 heterocycles. The largest absolute Gasteiger partial charge is 0.497 e. The van der Waals surface area contributed by atoms with E-state index in [1.54, 1.807) is 25.3 Å². The standard InChI is InChI=1S/C16H11Cl4N5O3/c1-27-6-3-4-7(8(5-6)28-2)14-22-16(25-24-14)23-15(26)12-10(18)9(17)11(19)13(20)21-12/h3-5H,1-2H3,(H2,22,23,24,25,26). The normalized spacial score (nSPS) is 10.6. The van der Waals surface area contributed by atoms with Crippen LogP contribution < -0.4 is 14.8 Å². The molecule has 0 unspecified atom stereocenters. The van der Waals surface area contributed by atoms with Gasteiger partial charge in [0.05, 0.1) is 34.9 Å². The molecule has 3 rings (SSSR count). The van der Waals surface area contributed by atoms with Crippen LogP contribution in [0.2, 0.25) is 20.2 Å². The van der Waals surface area contributed by atoms with E-state index in [0.717, 1.165) is 0 Å². The number of carbonyl (C=O) groups is 1. The number of H-pyrrole nitrogens is 1. The number of aromatic amines is 1. The van der Waals surface area contributed by atoms with Crippen LogP contribution in [0.5, 0.6) is 11.5 Å². The molecule has 0 saturated heterocycles. The van der Waals surface area contributed by atoms with Crippen LogP contribution in [0.4, 0.5) is 5.95 Å². The minimum absolute atomic E-state index is 0.0158. The summed E-state index contributed by atoms with van der Waals surface area (Å²) < 4.78 is 10.5. The summed E-state index contributed by atoms with van der Waals surface area (Å²) in [4.78, 5) is 20.5. The van der Waals surface area contributed by atoms with Gasteiger partial charge < -0.3 is 9.47 Å². The van der Waals surface area contributed by atoms with Crippen LogP contribution in [0.25, 0.3) is 11.4 Å². The van der Waals surface area contributed by atoms with Crippen molar-refractivity contribution >= 4 is 58.3 Å². The molecule has 1 amide bonds. The fourth-order valence-electron chi connectivity index (χ4n) is 2.23. The van der Waals surface area contributed by atoms with Crippen LogP contribution in [0, 0.1) is 0 Å². The number of hydrogen-bond acceptors (Lipinski definition) is 6. The number of aromatic nitrogens is 4. The molecule has 0 aliphatic rings. The third-order valence-corrected chi connectivity index (χ3v) is 5.25. The Kier molecular flexibility index (Phi) is 6.14. The molecule has 0 spiro atoms. The van der Waals surface area contributed by atoms with Crippen LogP contribution in [-0.2, 0) is 0 Å². The lowest BCUT2D eigenvalue weighted by Crippen LogP contribution is -2.15. The van der Waals surface area contributed by atoms with E-state index < -0.39 is 5.91 Å². The molecule has 0 saturated carbocycles. The first kappa shape index (κ1) is 20.5.